The maximum atomic E-state index is 14.3. The fourth-order valence-electron chi connectivity index (χ4n) is 2.58. The molecule has 0 atom stereocenters. The molecule has 0 spiro atoms. The van der Waals surface area contributed by atoms with E-state index in [0.29, 0.717) is 10.7 Å². The first-order chi connectivity index (χ1) is 12.6. The van der Waals surface area contributed by atoms with E-state index >= 15 is 0 Å². The molecule has 3 rings (SSSR count). The lowest BCUT2D eigenvalue weighted by molar-refractivity contribution is 0.145. The first-order valence-corrected chi connectivity index (χ1v) is 9.99. The number of benzene rings is 2. The quantitative estimate of drug-likeness (QED) is 0.605. The van der Waals surface area contributed by atoms with Crippen molar-refractivity contribution in [3.63, 3.8) is 0 Å². The maximum absolute atomic E-state index is 14.3. The number of aromatic nitrogens is 2. The summed E-state index contributed by atoms with van der Waals surface area (Å²) in [6, 6.07) is 9.47. The number of sulfone groups is 1. The number of halogens is 4. The molecule has 0 saturated carbocycles. The van der Waals surface area contributed by atoms with Crippen LogP contribution >= 0.6 is 11.6 Å². The minimum atomic E-state index is -3.75. The number of rotatable bonds is 4. The van der Waals surface area contributed by atoms with Crippen LogP contribution in [0.1, 0.15) is 17.7 Å². The van der Waals surface area contributed by atoms with Crippen LogP contribution in [0.25, 0.3) is 16.9 Å². The first kappa shape index (κ1) is 19.4. The van der Waals surface area contributed by atoms with Crippen LogP contribution in [0, 0.1) is 12.7 Å². The Morgan fingerprint density at radius 1 is 1.11 bits per heavy atom. The van der Waals surface area contributed by atoms with Crippen molar-refractivity contribution in [2.45, 2.75) is 18.2 Å². The van der Waals surface area contributed by atoms with Gasteiger partial charge in [-0.25, -0.2) is 26.3 Å². The molecule has 4 nitrogen and oxygen atoms in total. The van der Waals surface area contributed by atoms with Crippen molar-refractivity contribution >= 4 is 21.4 Å². The third-order valence-corrected chi connectivity index (χ3v) is 5.52. The van der Waals surface area contributed by atoms with Gasteiger partial charge in [0.05, 0.1) is 11.4 Å². The second-order valence-electron chi connectivity index (χ2n) is 6.02. The van der Waals surface area contributed by atoms with Crippen LogP contribution < -0.4 is 0 Å². The minimum absolute atomic E-state index is 0.184. The smallest absolute Gasteiger partial charge is 0.233 e. The van der Waals surface area contributed by atoms with Crippen molar-refractivity contribution in [1.82, 2.24) is 9.78 Å². The third-order valence-electron chi connectivity index (χ3n) is 3.98. The van der Waals surface area contributed by atoms with E-state index in [0.717, 1.165) is 30.0 Å². The Balaban J connectivity index is 2.20. The lowest BCUT2D eigenvalue weighted by atomic mass is 10.1. The first-order valence-electron chi connectivity index (χ1n) is 7.72. The molecule has 0 aliphatic carbocycles. The van der Waals surface area contributed by atoms with Crippen LogP contribution in [0.3, 0.4) is 0 Å². The average molecular weight is 415 g/mol. The van der Waals surface area contributed by atoms with E-state index in [1.54, 1.807) is 25.1 Å². The molecule has 0 radical (unpaired) electrons. The van der Waals surface area contributed by atoms with Gasteiger partial charge < -0.3 is 0 Å². The Morgan fingerprint density at radius 2 is 1.81 bits per heavy atom. The van der Waals surface area contributed by atoms with Crippen molar-refractivity contribution in [3.8, 4) is 16.9 Å². The van der Waals surface area contributed by atoms with E-state index < -0.39 is 32.7 Å². The van der Waals surface area contributed by atoms with Gasteiger partial charge in [0.25, 0.3) is 6.43 Å². The summed E-state index contributed by atoms with van der Waals surface area (Å²) >= 11 is 6.11. The van der Waals surface area contributed by atoms with E-state index in [2.05, 4.69) is 5.10 Å². The van der Waals surface area contributed by atoms with Crippen molar-refractivity contribution in [3.05, 3.63) is 64.6 Å². The zero-order chi connectivity index (χ0) is 19.9. The fourth-order valence-corrected chi connectivity index (χ4v) is 3.49. The van der Waals surface area contributed by atoms with Crippen molar-refractivity contribution < 1.29 is 21.6 Å². The monoisotopic (exact) mass is 414 g/mol. The summed E-state index contributed by atoms with van der Waals surface area (Å²) in [5, 5.41) is 4.32. The molecule has 0 aliphatic rings. The van der Waals surface area contributed by atoms with Gasteiger partial charge >= 0.3 is 0 Å². The number of hydrogen-bond donors (Lipinski definition) is 0. The van der Waals surface area contributed by atoms with Gasteiger partial charge in [-0.1, -0.05) is 23.7 Å². The summed E-state index contributed by atoms with van der Waals surface area (Å²) < 4.78 is 65.0. The molecular weight excluding hydrogens is 401 g/mol. The number of hydrogen-bond acceptors (Lipinski definition) is 3. The fraction of sp³-hybridized carbons (Fsp3) is 0.167. The van der Waals surface area contributed by atoms with Crippen molar-refractivity contribution in [2.75, 3.05) is 6.26 Å². The second kappa shape index (κ2) is 7.01. The summed E-state index contributed by atoms with van der Waals surface area (Å²) in [5.74, 6) is -0.969. The Kier molecular flexibility index (Phi) is 5.05. The molecule has 9 heteroatoms. The molecule has 142 valence electrons. The zero-order valence-electron chi connectivity index (χ0n) is 14.2. The van der Waals surface area contributed by atoms with Gasteiger partial charge in [0.1, 0.15) is 16.4 Å². The molecule has 3 aromatic rings. The largest absolute Gasteiger partial charge is 0.282 e. The van der Waals surface area contributed by atoms with Gasteiger partial charge in [0.2, 0.25) is 0 Å². The van der Waals surface area contributed by atoms with Gasteiger partial charge in [0, 0.05) is 16.8 Å². The van der Waals surface area contributed by atoms with E-state index in [-0.39, 0.29) is 11.3 Å². The lowest BCUT2D eigenvalue weighted by Gasteiger charge is -2.10. The highest BCUT2D eigenvalue weighted by Gasteiger charge is 2.20. The van der Waals surface area contributed by atoms with E-state index in [9.17, 15) is 21.6 Å². The van der Waals surface area contributed by atoms with Gasteiger partial charge in [0.15, 0.2) is 9.84 Å². The van der Waals surface area contributed by atoms with Crippen LogP contribution in [-0.4, -0.2) is 24.5 Å². The summed E-state index contributed by atoms with van der Waals surface area (Å²) in [6.07, 6.45) is -1.94. The van der Waals surface area contributed by atoms with Crippen LogP contribution in [0.15, 0.2) is 47.4 Å². The van der Waals surface area contributed by atoms with Gasteiger partial charge in [-0.3, -0.25) is 0 Å². The molecule has 1 heterocycles. The summed E-state index contributed by atoms with van der Waals surface area (Å²) in [7, 11) is -3.75. The SMILES string of the molecule is Cc1ccc(-n2nc(C(F)F)cc2-c2ccc(S(C)(=O)=O)c(F)c2)cc1Cl. The number of aryl methyl sites for hydroxylation is 1. The molecule has 0 aliphatic heterocycles. The van der Waals surface area contributed by atoms with Gasteiger partial charge in [-0.2, -0.15) is 5.10 Å². The highest BCUT2D eigenvalue weighted by atomic mass is 35.5. The van der Waals surface area contributed by atoms with E-state index in [4.69, 9.17) is 11.6 Å². The van der Waals surface area contributed by atoms with Crippen LogP contribution in [0.5, 0.6) is 0 Å². The van der Waals surface area contributed by atoms with Gasteiger partial charge in [-0.15, -0.1) is 0 Å². The molecule has 27 heavy (non-hydrogen) atoms. The maximum Gasteiger partial charge on any atom is 0.282 e. The normalized spacial score (nSPS) is 12.0. The predicted molar refractivity (Wildman–Crippen MR) is 96.8 cm³/mol. The highest BCUT2D eigenvalue weighted by Crippen LogP contribution is 2.31. The minimum Gasteiger partial charge on any atom is -0.233 e. The summed E-state index contributed by atoms with van der Waals surface area (Å²) in [4.78, 5) is -0.468. The van der Waals surface area contributed by atoms with E-state index in [1.807, 2.05) is 0 Å². The van der Waals surface area contributed by atoms with E-state index in [1.165, 1.54) is 10.7 Å². The van der Waals surface area contributed by atoms with Crippen molar-refractivity contribution in [2.24, 2.45) is 0 Å². The second-order valence-corrected chi connectivity index (χ2v) is 8.41. The predicted octanol–water partition coefficient (Wildman–Crippen LogP) is 4.98. The molecule has 0 unspecified atom stereocenters. The number of alkyl halides is 2. The molecular formula is C18H14ClF3N2O2S. The lowest BCUT2D eigenvalue weighted by Crippen LogP contribution is -2.03. The Morgan fingerprint density at radius 3 is 2.37 bits per heavy atom. The topological polar surface area (TPSA) is 52.0 Å². The van der Waals surface area contributed by atoms with Crippen molar-refractivity contribution in [1.29, 1.82) is 0 Å². The summed E-state index contributed by atoms with van der Waals surface area (Å²) in [6.45, 7) is 1.79. The molecule has 0 N–H and O–H groups in total. The Bertz CT molecular complexity index is 1130. The summed E-state index contributed by atoms with van der Waals surface area (Å²) in [5.41, 5.74) is 1.11. The standard InChI is InChI=1S/C18H14ClF3N2O2S/c1-10-3-5-12(8-13(10)19)24-16(9-15(23-24)18(21)22)11-4-6-17(14(20)7-11)27(2,25)26/h3-9,18H,1-2H3. The molecule has 1 aromatic heterocycles. The van der Waals surface area contributed by atoms with Crippen LogP contribution in [0.4, 0.5) is 13.2 Å². The molecule has 0 fully saturated rings. The number of nitrogens with zero attached hydrogens (tertiary/aromatic N) is 2. The highest BCUT2D eigenvalue weighted by molar-refractivity contribution is 7.90. The third kappa shape index (κ3) is 3.86. The average Bonchev–Trinajstić information content (AvgIpc) is 3.01. The Labute approximate surface area is 159 Å². The zero-order valence-corrected chi connectivity index (χ0v) is 15.8. The van der Waals surface area contributed by atoms with Crippen LogP contribution in [0.2, 0.25) is 5.02 Å². The van der Waals surface area contributed by atoms with Crippen LogP contribution in [-0.2, 0) is 9.84 Å². The molecule has 0 saturated heterocycles. The Hall–Kier alpha value is -2.32. The molecule has 0 bridgehead atoms. The van der Waals surface area contributed by atoms with Gasteiger partial charge in [-0.05, 0) is 42.8 Å². The molecule has 0 amide bonds. The molecule has 2 aromatic carbocycles.